The van der Waals surface area contributed by atoms with Crippen molar-refractivity contribution in [1.29, 1.82) is 0 Å². The highest BCUT2D eigenvalue weighted by Crippen LogP contribution is 2.29. The molecule has 0 aliphatic rings. The van der Waals surface area contributed by atoms with Crippen LogP contribution in [0, 0.1) is 0 Å². The van der Waals surface area contributed by atoms with Crippen molar-refractivity contribution < 1.29 is 8.83 Å². The monoisotopic (exact) mass is 518 g/mol. The van der Waals surface area contributed by atoms with E-state index < -0.39 is 0 Å². The van der Waals surface area contributed by atoms with E-state index in [9.17, 15) is 0 Å². The molecule has 0 unspecified atom stereocenters. The van der Waals surface area contributed by atoms with Crippen molar-refractivity contribution in [3.8, 4) is 45.4 Å². The number of aromatic nitrogens is 6. The van der Waals surface area contributed by atoms with Gasteiger partial charge >= 0.3 is 0 Å². The Morgan fingerprint density at radius 1 is 0.425 bits per heavy atom. The number of hydrogen-bond donors (Lipinski definition) is 0. The minimum atomic E-state index is 0.534. The van der Waals surface area contributed by atoms with Crippen LogP contribution >= 0.6 is 0 Å². The molecule has 0 fully saturated rings. The van der Waals surface area contributed by atoms with Gasteiger partial charge in [0, 0.05) is 40.0 Å². The molecule has 8 rings (SSSR count). The first kappa shape index (κ1) is 22.2. The van der Waals surface area contributed by atoms with E-state index in [4.69, 9.17) is 18.8 Å². The number of pyridine rings is 4. The van der Waals surface area contributed by atoms with E-state index >= 15 is 0 Å². The Balaban J connectivity index is 1.15. The van der Waals surface area contributed by atoms with Crippen molar-refractivity contribution in [2.24, 2.45) is 0 Å². The van der Waals surface area contributed by atoms with E-state index in [0.717, 1.165) is 39.0 Å². The number of hydrogen-bond acceptors (Lipinski definition) is 8. The number of oxazole rings is 2. The predicted octanol–water partition coefficient (Wildman–Crippen LogP) is 7.37. The average molecular weight is 519 g/mol. The van der Waals surface area contributed by atoms with Crippen LogP contribution in [0.1, 0.15) is 0 Å². The van der Waals surface area contributed by atoms with Gasteiger partial charge in [-0.05, 0) is 60.7 Å². The van der Waals surface area contributed by atoms with Gasteiger partial charge in [-0.15, -0.1) is 0 Å². The third kappa shape index (κ3) is 3.86. The highest BCUT2D eigenvalue weighted by Gasteiger charge is 2.14. The van der Waals surface area contributed by atoms with Crippen molar-refractivity contribution in [1.82, 2.24) is 29.9 Å². The van der Waals surface area contributed by atoms with E-state index in [-0.39, 0.29) is 0 Å². The molecule has 8 nitrogen and oxygen atoms in total. The Morgan fingerprint density at radius 2 is 0.900 bits per heavy atom. The summed E-state index contributed by atoms with van der Waals surface area (Å²) in [5.41, 5.74) is 7.81. The summed E-state index contributed by atoms with van der Waals surface area (Å²) in [6, 6.07) is 31.3. The first-order valence-corrected chi connectivity index (χ1v) is 12.7. The van der Waals surface area contributed by atoms with Crippen LogP contribution in [0.2, 0.25) is 0 Å². The zero-order chi connectivity index (χ0) is 26.5. The molecule has 0 radical (unpaired) electrons. The first-order valence-electron chi connectivity index (χ1n) is 12.7. The molecule has 6 heterocycles. The van der Waals surface area contributed by atoms with Crippen LogP contribution in [0.15, 0.2) is 118 Å². The summed E-state index contributed by atoms with van der Waals surface area (Å²) in [5, 5.41) is 0.924. The molecule has 0 amide bonds. The number of rotatable bonds is 4. The smallest absolute Gasteiger partial charge is 0.228 e. The van der Waals surface area contributed by atoms with Crippen LogP contribution in [-0.4, -0.2) is 29.9 Å². The molecule has 0 bridgehead atoms. The summed E-state index contributed by atoms with van der Waals surface area (Å²) in [6.45, 7) is 0. The number of nitrogens with zero attached hydrogens (tertiary/aromatic N) is 6. The second kappa shape index (κ2) is 8.92. The van der Waals surface area contributed by atoms with Gasteiger partial charge in [-0.25, -0.2) is 19.9 Å². The summed E-state index contributed by atoms with van der Waals surface area (Å²) < 4.78 is 12.0. The van der Waals surface area contributed by atoms with Gasteiger partial charge in [0.15, 0.2) is 28.1 Å². The maximum absolute atomic E-state index is 6.01. The van der Waals surface area contributed by atoms with Crippen molar-refractivity contribution in [3.05, 3.63) is 109 Å². The minimum absolute atomic E-state index is 0.534. The van der Waals surface area contributed by atoms with Crippen molar-refractivity contribution in [2.45, 2.75) is 0 Å². The second-order valence-electron chi connectivity index (χ2n) is 9.30. The fourth-order valence-electron chi connectivity index (χ4n) is 4.65. The van der Waals surface area contributed by atoms with Gasteiger partial charge in [-0.1, -0.05) is 36.4 Å². The lowest BCUT2D eigenvalue weighted by Crippen LogP contribution is -1.92. The molecule has 0 saturated carbocycles. The Hall–Kier alpha value is -5.76. The van der Waals surface area contributed by atoms with E-state index in [1.807, 2.05) is 97.1 Å². The zero-order valence-electron chi connectivity index (χ0n) is 20.9. The molecule has 0 N–H and O–H groups in total. The largest absolute Gasteiger partial charge is 0.434 e. The highest BCUT2D eigenvalue weighted by molar-refractivity contribution is 5.84. The van der Waals surface area contributed by atoms with Gasteiger partial charge < -0.3 is 8.83 Å². The standard InChI is InChI=1S/C32H18N6O2/c1-3-7-20(8-4-1)31-37-29-26(39-31)15-22(17-33-29)24-13-11-19-12-14-25(36-28(19)35-24)23-16-27-30(34-18-23)38-32(40-27)21-9-5-2-6-10-21/h1-18H. The molecule has 8 heteroatoms. The molecule has 40 heavy (non-hydrogen) atoms. The van der Waals surface area contributed by atoms with Crippen LogP contribution in [0.4, 0.5) is 0 Å². The third-order valence-electron chi connectivity index (χ3n) is 6.68. The van der Waals surface area contributed by atoms with Crippen molar-refractivity contribution in [2.75, 3.05) is 0 Å². The van der Waals surface area contributed by atoms with Crippen LogP contribution in [0.5, 0.6) is 0 Å². The SMILES string of the molecule is c1ccc(-c2nc3ncc(-c4ccc5ccc(-c6cnc7nc(-c8ccccc8)oc7c6)nc5n4)cc3o2)cc1. The maximum Gasteiger partial charge on any atom is 0.228 e. The lowest BCUT2D eigenvalue weighted by Gasteiger charge is -2.05. The molecule has 188 valence electrons. The first-order chi connectivity index (χ1) is 19.8. The maximum atomic E-state index is 6.01. The van der Waals surface area contributed by atoms with Crippen LogP contribution in [0.25, 0.3) is 78.9 Å². The fraction of sp³-hybridized carbons (Fsp3) is 0. The summed E-state index contributed by atoms with van der Waals surface area (Å²) in [6.07, 6.45) is 3.51. The van der Waals surface area contributed by atoms with Gasteiger partial charge in [0.1, 0.15) is 0 Å². The van der Waals surface area contributed by atoms with Crippen LogP contribution in [-0.2, 0) is 0 Å². The minimum Gasteiger partial charge on any atom is -0.434 e. The summed E-state index contributed by atoms with van der Waals surface area (Å²) >= 11 is 0. The van der Waals surface area contributed by atoms with E-state index in [0.29, 0.717) is 39.9 Å². The molecule has 0 aliphatic carbocycles. The zero-order valence-corrected chi connectivity index (χ0v) is 20.9. The lowest BCUT2D eigenvalue weighted by atomic mass is 10.1. The van der Waals surface area contributed by atoms with Gasteiger partial charge in [-0.3, -0.25) is 0 Å². The third-order valence-corrected chi connectivity index (χ3v) is 6.68. The summed E-state index contributed by atoms with van der Waals surface area (Å²) in [5.74, 6) is 1.07. The van der Waals surface area contributed by atoms with E-state index in [1.54, 1.807) is 12.4 Å². The quantitative estimate of drug-likeness (QED) is 0.238. The molecular formula is C32H18N6O2. The summed E-state index contributed by atoms with van der Waals surface area (Å²) in [7, 11) is 0. The lowest BCUT2D eigenvalue weighted by molar-refractivity contribution is 0.619. The molecule has 8 aromatic rings. The topological polar surface area (TPSA) is 104 Å². The Bertz CT molecular complexity index is 2020. The molecule has 2 aromatic carbocycles. The Labute approximate surface area is 227 Å². The second-order valence-corrected chi connectivity index (χ2v) is 9.30. The van der Waals surface area contributed by atoms with Crippen LogP contribution < -0.4 is 0 Å². The van der Waals surface area contributed by atoms with Crippen molar-refractivity contribution in [3.63, 3.8) is 0 Å². The van der Waals surface area contributed by atoms with Gasteiger partial charge in [0.05, 0.1) is 11.4 Å². The highest BCUT2D eigenvalue weighted by atomic mass is 16.4. The number of benzene rings is 2. The molecule has 0 spiro atoms. The molecule has 0 atom stereocenters. The van der Waals surface area contributed by atoms with E-state index in [2.05, 4.69) is 19.9 Å². The van der Waals surface area contributed by atoms with Gasteiger partial charge in [0.2, 0.25) is 11.8 Å². The van der Waals surface area contributed by atoms with Gasteiger partial charge in [-0.2, -0.15) is 9.97 Å². The predicted molar refractivity (Wildman–Crippen MR) is 152 cm³/mol. The Morgan fingerprint density at radius 3 is 1.38 bits per heavy atom. The molecular weight excluding hydrogens is 500 g/mol. The molecule has 6 aromatic heterocycles. The molecule has 0 aliphatic heterocycles. The van der Waals surface area contributed by atoms with Crippen molar-refractivity contribution >= 4 is 33.5 Å². The summed E-state index contributed by atoms with van der Waals surface area (Å²) in [4.78, 5) is 27.8. The Kier molecular flexibility index (Phi) is 4.96. The van der Waals surface area contributed by atoms with Gasteiger partial charge in [0.25, 0.3) is 0 Å². The molecule has 0 saturated heterocycles. The van der Waals surface area contributed by atoms with Crippen LogP contribution in [0.3, 0.4) is 0 Å². The average Bonchev–Trinajstić information content (AvgIpc) is 3.65. The fourth-order valence-corrected chi connectivity index (χ4v) is 4.65. The number of fused-ring (bicyclic) bond motifs is 3. The van der Waals surface area contributed by atoms with E-state index in [1.165, 1.54) is 0 Å². The normalized spacial score (nSPS) is 11.5.